The van der Waals surface area contributed by atoms with Crippen molar-refractivity contribution in [3.63, 3.8) is 0 Å². The Morgan fingerprint density at radius 3 is 2.67 bits per heavy atom. The second-order valence-corrected chi connectivity index (χ2v) is 6.00. The standard InChI is InChI=1S/C19H19N3O2/c1-13-8-9-17-20-10-16(19(24)22(17)11-13)18(23)21(3)12-15-7-5-4-6-14(15)2/h4-11H,12H2,1-3H3. The topological polar surface area (TPSA) is 54.7 Å². The van der Waals surface area contributed by atoms with E-state index in [1.807, 2.05) is 44.2 Å². The number of fused-ring (bicyclic) bond motifs is 1. The van der Waals surface area contributed by atoms with Crippen LogP contribution < -0.4 is 5.56 Å². The van der Waals surface area contributed by atoms with E-state index in [9.17, 15) is 9.59 Å². The van der Waals surface area contributed by atoms with Crippen molar-refractivity contribution in [2.24, 2.45) is 0 Å². The van der Waals surface area contributed by atoms with Gasteiger partial charge in [0.15, 0.2) is 0 Å². The fourth-order valence-electron chi connectivity index (χ4n) is 2.65. The quantitative estimate of drug-likeness (QED) is 0.745. The molecule has 122 valence electrons. The predicted molar refractivity (Wildman–Crippen MR) is 93.2 cm³/mol. The first kappa shape index (κ1) is 15.9. The summed E-state index contributed by atoms with van der Waals surface area (Å²) in [6, 6.07) is 11.5. The monoisotopic (exact) mass is 321 g/mol. The van der Waals surface area contributed by atoms with E-state index in [0.29, 0.717) is 12.2 Å². The van der Waals surface area contributed by atoms with Gasteiger partial charge in [-0.05, 0) is 36.6 Å². The van der Waals surface area contributed by atoms with Crippen molar-refractivity contribution in [2.75, 3.05) is 7.05 Å². The van der Waals surface area contributed by atoms with Gasteiger partial charge in [0.05, 0.1) is 0 Å². The Balaban J connectivity index is 1.95. The molecule has 24 heavy (non-hydrogen) atoms. The Hall–Kier alpha value is -2.95. The largest absolute Gasteiger partial charge is 0.337 e. The van der Waals surface area contributed by atoms with Gasteiger partial charge in [-0.15, -0.1) is 0 Å². The molecule has 0 saturated heterocycles. The number of rotatable bonds is 3. The molecular weight excluding hydrogens is 302 g/mol. The van der Waals surface area contributed by atoms with Crippen molar-refractivity contribution >= 4 is 11.6 Å². The van der Waals surface area contributed by atoms with Crippen LogP contribution >= 0.6 is 0 Å². The maximum Gasteiger partial charge on any atom is 0.270 e. The molecule has 0 spiro atoms. The van der Waals surface area contributed by atoms with Gasteiger partial charge in [0.25, 0.3) is 11.5 Å². The summed E-state index contributed by atoms with van der Waals surface area (Å²) in [6.45, 7) is 4.34. The van der Waals surface area contributed by atoms with Crippen molar-refractivity contribution < 1.29 is 4.79 Å². The van der Waals surface area contributed by atoms with Crippen molar-refractivity contribution in [3.05, 3.63) is 81.4 Å². The van der Waals surface area contributed by atoms with Gasteiger partial charge in [-0.1, -0.05) is 30.3 Å². The van der Waals surface area contributed by atoms with E-state index in [4.69, 9.17) is 0 Å². The van der Waals surface area contributed by atoms with E-state index in [1.54, 1.807) is 24.2 Å². The zero-order valence-electron chi connectivity index (χ0n) is 14.0. The molecule has 0 aliphatic rings. The molecule has 2 aromatic heterocycles. The zero-order chi connectivity index (χ0) is 17.3. The minimum atomic E-state index is -0.342. The average Bonchev–Trinajstić information content (AvgIpc) is 2.57. The second-order valence-electron chi connectivity index (χ2n) is 6.00. The summed E-state index contributed by atoms with van der Waals surface area (Å²) in [5.41, 5.74) is 3.37. The molecule has 3 rings (SSSR count). The Labute approximate surface area is 140 Å². The summed E-state index contributed by atoms with van der Waals surface area (Å²) < 4.78 is 1.42. The van der Waals surface area contributed by atoms with Gasteiger partial charge in [-0.3, -0.25) is 14.0 Å². The number of aryl methyl sites for hydroxylation is 2. The van der Waals surface area contributed by atoms with Gasteiger partial charge >= 0.3 is 0 Å². The van der Waals surface area contributed by atoms with Crippen LogP contribution in [0.5, 0.6) is 0 Å². The van der Waals surface area contributed by atoms with E-state index in [-0.39, 0.29) is 17.0 Å². The predicted octanol–water partition coefficient (Wildman–Crippen LogP) is 2.58. The molecule has 1 amide bonds. The fraction of sp³-hybridized carbons (Fsp3) is 0.211. The molecule has 0 atom stereocenters. The highest BCUT2D eigenvalue weighted by Gasteiger charge is 2.18. The van der Waals surface area contributed by atoms with Crippen molar-refractivity contribution in [3.8, 4) is 0 Å². The van der Waals surface area contributed by atoms with Crippen LogP contribution in [-0.4, -0.2) is 27.2 Å². The van der Waals surface area contributed by atoms with Gasteiger partial charge in [0.1, 0.15) is 11.2 Å². The Morgan fingerprint density at radius 2 is 1.92 bits per heavy atom. The number of nitrogens with zero attached hydrogens (tertiary/aromatic N) is 3. The molecule has 5 nitrogen and oxygen atoms in total. The van der Waals surface area contributed by atoms with E-state index in [1.165, 1.54) is 10.6 Å². The third-order valence-electron chi connectivity index (χ3n) is 4.10. The normalized spacial score (nSPS) is 10.8. The third-order valence-corrected chi connectivity index (χ3v) is 4.10. The summed E-state index contributed by atoms with van der Waals surface area (Å²) in [5, 5.41) is 0. The van der Waals surface area contributed by atoms with Crippen molar-refractivity contribution in [2.45, 2.75) is 20.4 Å². The summed E-state index contributed by atoms with van der Waals surface area (Å²) in [7, 11) is 1.69. The van der Waals surface area contributed by atoms with Gasteiger partial charge in [-0.2, -0.15) is 0 Å². The highest BCUT2D eigenvalue weighted by atomic mass is 16.2. The Bertz CT molecular complexity index is 976. The molecule has 0 radical (unpaired) electrons. The molecule has 0 unspecified atom stereocenters. The molecule has 0 aliphatic carbocycles. The molecule has 5 heteroatoms. The molecule has 0 aliphatic heterocycles. The first-order chi connectivity index (χ1) is 11.5. The number of carbonyl (C=O) groups excluding carboxylic acids is 1. The van der Waals surface area contributed by atoms with Gasteiger partial charge in [0, 0.05) is 26.0 Å². The van der Waals surface area contributed by atoms with Crippen molar-refractivity contribution in [1.29, 1.82) is 0 Å². The van der Waals surface area contributed by atoms with Crippen LogP contribution in [0.2, 0.25) is 0 Å². The number of hydrogen-bond donors (Lipinski definition) is 0. The molecule has 2 heterocycles. The third kappa shape index (κ3) is 2.93. The Kier molecular flexibility index (Phi) is 4.16. The molecule has 0 N–H and O–H groups in total. The molecule has 1 aromatic carbocycles. The van der Waals surface area contributed by atoms with E-state index in [2.05, 4.69) is 4.98 Å². The molecule has 0 bridgehead atoms. The lowest BCUT2D eigenvalue weighted by molar-refractivity contribution is 0.0782. The smallest absolute Gasteiger partial charge is 0.270 e. The Morgan fingerprint density at radius 1 is 1.17 bits per heavy atom. The van der Waals surface area contributed by atoms with Crippen LogP contribution in [0.1, 0.15) is 27.0 Å². The SMILES string of the molecule is Cc1ccc2ncc(C(=O)N(C)Cc3ccccc3C)c(=O)n2c1. The number of hydrogen-bond acceptors (Lipinski definition) is 3. The van der Waals surface area contributed by atoms with Gasteiger partial charge < -0.3 is 4.90 Å². The van der Waals surface area contributed by atoms with Crippen LogP contribution in [0.4, 0.5) is 0 Å². The fourth-order valence-corrected chi connectivity index (χ4v) is 2.65. The minimum absolute atomic E-state index is 0.0779. The van der Waals surface area contributed by atoms with Gasteiger partial charge in [0.2, 0.25) is 0 Å². The number of benzene rings is 1. The zero-order valence-corrected chi connectivity index (χ0v) is 14.0. The highest BCUT2D eigenvalue weighted by molar-refractivity contribution is 5.93. The average molecular weight is 321 g/mol. The number of amides is 1. The number of aromatic nitrogens is 2. The highest BCUT2D eigenvalue weighted by Crippen LogP contribution is 2.11. The number of carbonyl (C=O) groups is 1. The first-order valence-electron chi connectivity index (χ1n) is 7.75. The molecule has 3 aromatic rings. The van der Waals surface area contributed by atoms with Crippen LogP contribution in [0.25, 0.3) is 5.65 Å². The second kappa shape index (κ2) is 6.28. The van der Waals surface area contributed by atoms with Gasteiger partial charge in [-0.25, -0.2) is 4.98 Å². The lowest BCUT2D eigenvalue weighted by Gasteiger charge is -2.18. The van der Waals surface area contributed by atoms with Crippen LogP contribution in [-0.2, 0) is 6.54 Å². The van der Waals surface area contributed by atoms with Crippen LogP contribution in [0, 0.1) is 13.8 Å². The first-order valence-corrected chi connectivity index (χ1v) is 7.75. The summed E-state index contributed by atoms with van der Waals surface area (Å²) in [5.74, 6) is -0.327. The van der Waals surface area contributed by atoms with Crippen molar-refractivity contribution in [1.82, 2.24) is 14.3 Å². The van der Waals surface area contributed by atoms with Crippen LogP contribution in [0.3, 0.4) is 0 Å². The summed E-state index contributed by atoms with van der Waals surface area (Å²) >= 11 is 0. The molecule has 0 saturated carbocycles. The minimum Gasteiger partial charge on any atom is -0.337 e. The van der Waals surface area contributed by atoms with Crippen LogP contribution in [0.15, 0.2) is 53.6 Å². The maximum atomic E-state index is 12.7. The number of pyridine rings is 1. The summed E-state index contributed by atoms with van der Waals surface area (Å²) in [4.78, 5) is 31.1. The van der Waals surface area contributed by atoms with E-state index >= 15 is 0 Å². The molecule has 0 fully saturated rings. The van der Waals surface area contributed by atoms with E-state index in [0.717, 1.165) is 16.7 Å². The summed E-state index contributed by atoms with van der Waals surface area (Å²) in [6.07, 6.45) is 3.06. The van der Waals surface area contributed by atoms with E-state index < -0.39 is 0 Å². The molecular formula is C19H19N3O2. The lowest BCUT2D eigenvalue weighted by atomic mass is 10.1. The maximum absolute atomic E-state index is 12.7. The lowest BCUT2D eigenvalue weighted by Crippen LogP contribution is -2.33.